The molecule has 20 heavy (non-hydrogen) atoms. The maximum absolute atomic E-state index is 11.3. The molecule has 1 amide bonds. The third-order valence-electron chi connectivity index (χ3n) is 2.54. The first-order chi connectivity index (χ1) is 9.20. The van der Waals surface area contributed by atoms with Crippen LogP contribution in [0.1, 0.15) is 6.42 Å². The van der Waals surface area contributed by atoms with Crippen LogP contribution in [0.2, 0.25) is 0 Å². The molecule has 5 atom stereocenters. The number of aliphatic hydroxyl groups excluding tert-OH is 5. The monoisotopic (exact) mass is 296 g/mol. The van der Waals surface area contributed by atoms with Crippen LogP contribution in [-0.2, 0) is 9.59 Å². The molecule has 9 N–H and O–H groups in total. The molecule has 10 heteroatoms. The third kappa shape index (κ3) is 6.23. The van der Waals surface area contributed by atoms with Crippen LogP contribution in [0.3, 0.4) is 0 Å². The molecule has 0 saturated carbocycles. The standard InChI is InChI=1S/C10H20N2O8/c11-4(1-7(16)17)10(20)12-2-5(14)8(18)9(19)6(15)3-13/h4-6,8-9,13-15,18-19H,1-3,11H2,(H,12,20)(H,16,17). The van der Waals surface area contributed by atoms with Crippen LogP contribution < -0.4 is 11.1 Å². The van der Waals surface area contributed by atoms with Crippen LogP contribution in [-0.4, -0.2) is 86.1 Å². The number of nitrogens with two attached hydrogens (primary N) is 1. The Hall–Kier alpha value is -1.30. The number of hydrogen-bond acceptors (Lipinski definition) is 8. The average molecular weight is 296 g/mol. The van der Waals surface area contributed by atoms with Crippen LogP contribution in [0.5, 0.6) is 0 Å². The van der Waals surface area contributed by atoms with Gasteiger partial charge in [-0.3, -0.25) is 9.59 Å². The largest absolute Gasteiger partial charge is 0.481 e. The molecule has 0 heterocycles. The van der Waals surface area contributed by atoms with E-state index in [0.717, 1.165) is 0 Å². The van der Waals surface area contributed by atoms with Gasteiger partial charge < -0.3 is 41.7 Å². The van der Waals surface area contributed by atoms with Crippen LogP contribution in [0, 0.1) is 0 Å². The molecule has 0 fully saturated rings. The Labute approximate surface area is 114 Å². The van der Waals surface area contributed by atoms with Crippen molar-refractivity contribution in [2.24, 2.45) is 5.73 Å². The van der Waals surface area contributed by atoms with E-state index in [1.54, 1.807) is 0 Å². The van der Waals surface area contributed by atoms with E-state index in [9.17, 15) is 24.9 Å². The number of nitrogens with one attached hydrogen (secondary N) is 1. The van der Waals surface area contributed by atoms with Gasteiger partial charge in [0.05, 0.1) is 25.2 Å². The smallest absolute Gasteiger partial charge is 0.305 e. The predicted octanol–water partition coefficient (Wildman–Crippen LogP) is -4.66. The average Bonchev–Trinajstić information content (AvgIpc) is 2.40. The fraction of sp³-hybridized carbons (Fsp3) is 0.800. The summed E-state index contributed by atoms with van der Waals surface area (Å²) in [7, 11) is 0. The Morgan fingerprint density at radius 3 is 2.00 bits per heavy atom. The Morgan fingerprint density at radius 2 is 1.55 bits per heavy atom. The van der Waals surface area contributed by atoms with Crippen molar-refractivity contribution in [2.45, 2.75) is 36.9 Å². The summed E-state index contributed by atoms with van der Waals surface area (Å²) in [5.74, 6) is -2.12. The summed E-state index contributed by atoms with van der Waals surface area (Å²) in [5.41, 5.74) is 5.25. The highest BCUT2D eigenvalue weighted by molar-refractivity contribution is 5.85. The van der Waals surface area contributed by atoms with Crippen molar-refractivity contribution in [2.75, 3.05) is 13.2 Å². The maximum atomic E-state index is 11.3. The number of carbonyl (C=O) groups excluding carboxylic acids is 1. The fourth-order valence-electron chi connectivity index (χ4n) is 1.30. The molecule has 0 rings (SSSR count). The first-order valence-corrected chi connectivity index (χ1v) is 5.78. The number of aliphatic carboxylic acids is 1. The highest BCUT2D eigenvalue weighted by Gasteiger charge is 2.30. The number of rotatable bonds is 9. The van der Waals surface area contributed by atoms with E-state index in [1.807, 2.05) is 0 Å². The molecule has 0 aromatic rings. The molecule has 10 nitrogen and oxygen atoms in total. The summed E-state index contributed by atoms with van der Waals surface area (Å²) in [6.45, 7) is -1.33. The number of carbonyl (C=O) groups is 2. The number of carboxylic acid groups (broad SMARTS) is 1. The lowest BCUT2D eigenvalue weighted by Gasteiger charge is -2.26. The minimum Gasteiger partial charge on any atom is -0.481 e. The lowest BCUT2D eigenvalue weighted by atomic mass is 10.0. The molecule has 0 spiro atoms. The molecule has 0 aliphatic carbocycles. The van der Waals surface area contributed by atoms with Crippen molar-refractivity contribution in [3.05, 3.63) is 0 Å². The van der Waals surface area contributed by atoms with Crippen LogP contribution in [0.25, 0.3) is 0 Å². The second kappa shape index (κ2) is 8.79. The molecular formula is C10H20N2O8. The van der Waals surface area contributed by atoms with Gasteiger partial charge in [0.2, 0.25) is 5.91 Å². The van der Waals surface area contributed by atoms with Gasteiger partial charge in [0, 0.05) is 6.54 Å². The second-order valence-electron chi connectivity index (χ2n) is 4.25. The second-order valence-corrected chi connectivity index (χ2v) is 4.25. The number of amides is 1. The molecule has 0 bridgehead atoms. The van der Waals surface area contributed by atoms with E-state index in [1.165, 1.54) is 0 Å². The van der Waals surface area contributed by atoms with Gasteiger partial charge in [-0.25, -0.2) is 0 Å². The Kier molecular flexibility index (Phi) is 8.22. The highest BCUT2D eigenvalue weighted by atomic mass is 16.4. The van der Waals surface area contributed by atoms with Gasteiger partial charge >= 0.3 is 5.97 Å². The first kappa shape index (κ1) is 18.7. The van der Waals surface area contributed by atoms with Gasteiger partial charge in [-0.05, 0) is 0 Å². The molecular weight excluding hydrogens is 276 g/mol. The summed E-state index contributed by atoms with van der Waals surface area (Å²) >= 11 is 0. The first-order valence-electron chi connectivity index (χ1n) is 5.78. The molecule has 0 aliphatic rings. The molecule has 0 aromatic carbocycles. The Balaban J connectivity index is 4.24. The van der Waals surface area contributed by atoms with E-state index in [2.05, 4.69) is 5.32 Å². The van der Waals surface area contributed by atoms with Crippen LogP contribution in [0.15, 0.2) is 0 Å². The van der Waals surface area contributed by atoms with Crippen molar-refractivity contribution in [3.63, 3.8) is 0 Å². The lowest BCUT2D eigenvalue weighted by Crippen LogP contribution is -2.51. The Bertz CT molecular complexity index is 326. The molecule has 0 aliphatic heterocycles. The fourth-order valence-corrected chi connectivity index (χ4v) is 1.30. The van der Waals surface area contributed by atoms with Crippen molar-refractivity contribution in [1.82, 2.24) is 5.32 Å². The maximum Gasteiger partial charge on any atom is 0.305 e. The van der Waals surface area contributed by atoms with E-state index in [4.69, 9.17) is 21.1 Å². The van der Waals surface area contributed by atoms with E-state index >= 15 is 0 Å². The van der Waals surface area contributed by atoms with Crippen molar-refractivity contribution in [1.29, 1.82) is 0 Å². The minimum atomic E-state index is -1.81. The van der Waals surface area contributed by atoms with Crippen molar-refractivity contribution >= 4 is 11.9 Å². The number of carboxylic acids is 1. The van der Waals surface area contributed by atoms with Gasteiger partial charge in [0.15, 0.2) is 0 Å². The van der Waals surface area contributed by atoms with Crippen LogP contribution >= 0.6 is 0 Å². The van der Waals surface area contributed by atoms with E-state index in [-0.39, 0.29) is 0 Å². The quantitative estimate of drug-likeness (QED) is 0.206. The zero-order valence-corrected chi connectivity index (χ0v) is 10.6. The topological polar surface area (TPSA) is 194 Å². The van der Waals surface area contributed by atoms with E-state index in [0.29, 0.717) is 0 Å². The van der Waals surface area contributed by atoms with Gasteiger partial charge in [0.1, 0.15) is 18.3 Å². The van der Waals surface area contributed by atoms with Gasteiger partial charge in [-0.1, -0.05) is 0 Å². The van der Waals surface area contributed by atoms with Gasteiger partial charge in [-0.2, -0.15) is 0 Å². The van der Waals surface area contributed by atoms with E-state index < -0.39 is 61.9 Å². The molecule has 0 aromatic heterocycles. The normalized spacial score (nSPS) is 18.7. The lowest BCUT2D eigenvalue weighted by molar-refractivity contribution is -0.139. The Morgan fingerprint density at radius 1 is 1.05 bits per heavy atom. The minimum absolute atomic E-state index is 0.511. The summed E-state index contributed by atoms with van der Waals surface area (Å²) in [6, 6.07) is -1.32. The summed E-state index contributed by atoms with van der Waals surface area (Å²) in [5, 5.41) is 56.4. The molecule has 0 radical (unpaired) electrons. The summed E-state index contributed by atoms with van der Waals surface area (Å²) in [4.78, 5) is 21.6. The SMILES string of the molecule is NC(CC(=O)O)C(=O)NCC(O)C(O)C(O)C(O)CO. The molecule has 118 valence electrons. The zero-order valence-electron chi connectivity index (χ0n) is 10.6. The predicted molar refractivity (Wildman–Crippen MR) is 64.4 cm³/mol. The highest BCUT2D eigenvalue weighted by Crippen LogP contribution is 2.04. The van der Waals surface area contributed by atoms with Crippen LogP contribution in [0.4, 0.5) is 0 Å². The summed E-state index contributed by atoms with van der Waals surface area (Å²) in [6.07, 6.45) is -7.50. The zero-order chi connectivity index (χ0) is 15.9. The van der Waals surface area contributed by atoms with Gasteiger partial charge in [0.25, 0.3) is 0 Å². The number of aliphatic hydroxyl groups is 5. The van der Waals surface area contributed by atoms with Crippen molar-refractivity contribution in [3.8, 4) is 0 Å². The molecule has 5 unspecified atom stereocenters. The number of hydrogen-bond donors (Lipinski definition) is 8. The van der Waals surface area contributed by atoms with Gasteiger partial charge in [-0.15, -0.1) is 0 Å². The molecule has 0 saturated heterocycles. The van der Waals surface area contributed by atoms with Crippen molar-refractivity contribution < 1.29 is 40.2 Å². The summed E-state index contributed by atoms with van der Waals surface area (Å²) < 4.78 is 0. The third-order valence-corrected chi connectivity index (χ3v) is 2.54.